The van der Waals surface area contributed by atoms with Crippen LogP contribution in [0.4, 0.5) is 18.9 Å². The summed E-state index contributed by atoms with van der Waals surface area (Å²) in [4.78, 5) is 15.5. The van der Waals surface area contributed by atoms with Gasteiger partial charge in [0.25, 0.3) is 0 Å². The predicted octanol–water partition coefficient (Wildman–Crippen LogP) is 5.75. The Balaban J connectivity index is 1.44. The van der Waals surface area contributed by atoms with Crippen LogP contribution in [0.1, 0.15) is 30.9 Å². The molecule has 2 aromatic carbocycles. The van der Waals surface area contributed by atoms with Crippen LogP contribution in [0.5, 0.6) is 5.75 Å². The third kappa shape index (κ3) is 4.23. The Hall–Kier alpha value is -2.96. The lowest BCUT2D eigenvalue weighted by Crippen LogP contribution is -2.33. The number of rotatable bonds is 5. The monoisotopic (exact) mass is 402 g/mol. The van der Waals surface area contributed by atoms with Crippen molar-refractivity contribution < 1.29 is 22.7 Å². The summed E-state index contributed by atoms with van der Waals surface area (Å²) in [5, 5.41) is 3.81. The quantitative estimate of drug-likeness (QED) is 0.571. The Morgan fingerprint density at radius 1 is 1.17 bits per heavy atom. The molecule has 0 aliphatic heterocycles. The first-order valence-electron chi connectivity index (χ1n) is 9.50. The zero-order valence-electron chi connectivity index (χ0n) is 15.8. The summed E-state index contributed by atoms with van der Waals surface area (Å²) in [5.74, 6) is 1.26. The minimum atomic E-state index is -4.35. The van der Waals surface area contributed by atoms with Crippen LogP contribution < -0.4 is 10.1 Å². The van der Waals surface area contributed by atoms with E-state index in [9.17, 15) is 18.0 Å². The maximum absolute atomic E-state index is 12.6. The third-order valence-corrected chi connectivity index (χ3v) is 5.34. The van der Waals surface area contributed by atoms with Crippen molar-refractivity contribution in [2.45, 2.75) is 32.5 Å². The number of aromatic nitrogens is 1. The Morgan fingerprint density at radius 2 is 1.90 bits per heavy atom. The standard InChI is InChI=1S/C22H21F3N2O2/c1-13-8-15(9-13)21(28)27-20-11-26-19-7-6-17(10-18(19)20)29-12-14-2-4-16(5-3-14)22(23,24)25/h2-7,10-11,13,15,26H,8-9,12H2,1H3,(H,27,28)/t13-,15-. The number of H-pyrrole nitrogens is 1. The minimum Gasteiger partial charge on any atom is -0.489 e. The van der Waals surface area contributed by atoms with Gasteiger partial charge in [-0.3, -0.25) is 4.79 Å². The fourth-order valence-electron chi connectivity index (χ4n) is 3.60. The van der Waals surface area contributed by atoms with Crippen molar-refractivity contribution in [3.63, 3.8) is 0 Å². The maximum atomic E-state index is 12.6. The van der Waals surface area contributed by atoms with Crippen LogP contribution in [0.15, 0.2) is 48.7 Å². The Labute approximate surface area is 166 Å². The summed E-state index contributed by atoms with van der Waals surface area (Å²) >= 11 is 0. The van der Waals surface area contributed by atoms with Gasteiger partial charge >= 0.3 is 6.18 Å². The van der Waals surface area contributed by atoms with Gasteiger partial charge in [0.05, 0.1) is 11.3 Å². The number of carbonyl (C=O) groups is 1. The van der Waals surface area contributed by atoms with Crippen molar-refractivity contribution >= 4 is 22.5 Å². The second-order valence-electron chi connectivity index (χ2n) is 7.66. The van der Waals surface area contributed by atoms with E-state index in [1.165, 1.54) is 12.1 Å². The van der Waals surface area contributed by atoms with Crippen molar-refractivity contribution in [1.82, 2.24) is 4.98 Å². The lowest BCUT2D eigenvalue weighted by atomic mass is 9.75. The molecule has 1 aliphatic rings. The summed E-state index contributed by atoms with van der Waals surface area (Å²) in [6.45, 7) is 2.28. The van der Waals surface area contributed by atoms with Gasteiger partial charge in [-0.2, -0.15) is 13.2 Å². The van der Waals surface area contributed by atoms with E-state index in [2.05, 4.69) is 17.2 Å². The summed E-state index contributed by atoms with van der Waals surface area (Å²) in [5.41, 5.74) is 1.52. The second-order valence-corrected chi connectivity index (χ2v) is 7.66. The summed E-state index contributed by atoms with van der Waals surface area (Å²) in [6, 6.07) is 10.3. The van der Waals surface area contributed by atoms with E-state index in [-0.39, 0.29) is 18.4 Å². The molecule has 4 rings (SSSR count). The van der Waals surface area contributed by atoms with Gasteiger partial charge in [0.1, 0.15) is 12.4 Å². The van der Waals surface area contributed by atoms with E-state index in [1.54, 1.807) is 12.3 Å². The molecular formula is C22H21F3N2O2. The van der Waals surface area contributed by atoms with Gasteiger partial charge in [0.2, 0.25) is 5.91 Å². The number of anilines is 1. The fourth-order valence-corrected chi connectivity index (χ4v) is 3.60. The number of alkyl halides is 3. The van der Waals surface area contributed by atoms with E-state index in [1.807, 2.05) is 12.1 Å². The fraction of sp³-hybridized carbons (Fsp3) is 0.318. The first-order valence-corrected chi connectivity index (χ1v) is 9.50. The van der Waals surface area contributed by atoms with Crippen LogP contribution in [0.3, 0.4) is 0 Å². The summed E-state index contributed by atoms with van der Waals surface area (Å²) < 4.78 is 43.7. The molecule has 4 nitrogen and oxygen atoms in total. The average molecular weight is 402 g/mol. The van der Waals surface area contributed by atoms with E-state index >= 15 is 0 Å². The van der Waals surface area contributed by atoms with E-state index < -0.39 is 11.7 Å². The Morgan fingerprint density at radius 3 is 2.55 bits per heavy atom. The minimum absolute atomic E-state index is 0.0278. The largest absolute Gasteiger partial charge is 0.489 e. The Kier molecular flexibility index (Phi) is 4.98. The van der Waals surface area contributed by atoms with Gasteiger partial charge in [-0.25, -0.2) is 0 Å². The third-order valence-electron chi connectivity index (χ3n) is 5.34. The molecule has 29 heavy (non-hydrogen) atoms. The zero-order chi connectivity index (χ0) is 20.6. The molecule has 1 saturated carbocycles. The van der Waals surface area contributed by atoms with Gasteiger partial charge in [-0.1, -0.05) is 19.1 Å². The molecule has 152 valence electrons. The van der Waals surface area contributed by atoms with Crippen LogP contribution >= 0.6 is 0 Å². The number of carbonyl (C=O) groups excluding carboxylic acids is 1. The number of nitrogens with one attached hydrogen (secondary N) is 2. The van der Waals surface area contributed by atoms with Crippen LogP contribution in [0.2, 0.25) is 0 Å². The first kappa shape index (κ1) is 19.4. The van der Waals surface area contributed by atoms with E-state index in [0.717, 1.165) is 35.9 Å². The number of halogens is 3. The Bertz CT molecular complexity index is 1020. The van der Waals surface area contributed by atoms with Crippen LogP contribution in [0.25, 0.3) is 10.9 Å². The number of aromatic amines is 1. The van der Waals surface area contributed by atoms with Crippen molar-refractivity contribution in [2.75, 3.05) is 5.32 Å². The highest BCUT2D eigenvalue weighted by atomic mass is 19.4. The molecule has 0 bridgehead atoms. The smallest absolute Gasteiger partial charge is 0.416 e. The number of hydrogen-bond donors (Lipinski definition) is 2. The average Bonchev–Trinajstić information content (AvgIpc) is 3.05. The number of fused-ring (bicyclic) bond motifs is 1. The molecule has 1 aliphatic carbocycles. The number of ether oxygens (including phenoxy) is 1. The predicted molar refractivity (Wildman–Crippen MR) is 105 cm³/mol. The van der Waals surface area contributed by atoms with Crippen LogP contribution in [-0.2, 0) is 17.6 Å². The molecule has 0 unspecified atom stereocenters. The van der Waals surface area contributed by atoms with Crippen molar-refractivity contribution in [2.24, 2.45) is 11.8 Å². The number of amides is 1. The molecule has 0 radical (unpaired) electrons. The molecule has 0 atom stereocenters. The van der Waals surface area contributed by atoms with Gasteiger partial charge in [-0.15, -0.1) is 0 Å². The van der Waals surface area contributed by atoms with Gasteiger partial charge in [0.15, 0.2) is 0 Å². The molecule has 7 heteroatoms. The molecule has 1 aromatic heterocycles. The van der Waals surface area contributed by atoms with Crippen molar-refractivity contribution in [1.29, 1.82) is 0 Å². The van der Waals surface area contributed by atoms with Crippen molar-refractivity contribution in [3.05, 3.63) is 59.8 Å². The molecule has 0 spiro atoms. The maximum Gasteiger partial charge on any atom is 0.416 e. The normalized spacial score (nSPS) is 19.0. The highest BCUT2D eigenvalue weighted by Gasteiger charge is 2.32. The SMILES string of the molecule is C[C@H]1C[C@H](C(=O)Nc2c[nH]c3ccc(OCc4ccc(C(F)(F)F)cc4)cc23)C1. The zero-order valence-corrected chi connectivity index (χ0v) is 15.8. The molecule has 1 fully saturated rings. The summed E-state index contributed by atoms with van der Waals surface area (Å²) in [6.07, 6.45) is -0.771. The molecule has 3 aromatic rings. The first-order chi connectivity index (χ1) is 13.8. The van der Waals surface area contributed by atoms with E-state index in [4.69, 9.17) is 4.74 Å². The molecule has 0 saturated heterocycles. The highest BCUT2D eigenvalue weighted by molar-refractivity contribution is 6.03. The van der Waals surface area contributed by atoms with Gasteiger partial charge < -0.3 is 15.0 Å². The van der Waals surface area contributed by atoms with E-state index in [0.29, 0.717) is 22.9 Å². The lowest BCUT2D eigenvalue weighted by Gasteiger charge is -2.31. The summed E-state index contributed by atoms with van der Waals surface area (Å²) in [7, 11) is 0. The molecule has 1 heterocycles. The molecule has 1 amide bonds. The topological polar surface area (TPSA) is 54.1 Å². The molecule has 2 N–H and O–H groups in total. The number of benzene rings is 2. The van der Waals surface area contributed by atoms with Crippen LogP contribution in [0, 0.1) is 11.8 Å². The second kappa shape index (κ2) is 7.46. The highest BCUT2D eigenvalue weighted by Crippen LogP contribution is 2.35. The van der Waals surface area contributed by atoms with Gasteiger partial charge in [0, 0.05) is 23.0 Å². The number of hydrogen-bond acceptors (Lipinski definition) is 2. The van der Waals surface area contributed by atoms with Crippen LogP contribution in [-0.4, -0.2) is 10.9 Å². The van der Waals surface area contributed by atoms with Gasteiger partial charge in [-0.05, 0) is 54.7 Å². The lowest BCUT2D eigenvalue weighted by molar-refractivity contribution is -0.137. The van der Waals surface area contributed by atoms with Crippen molar-refractivity contribution in [3.8, 4) is 5.75 Å². The molecular weight excluding hydrogens is 381 g/mol.